The number of ether oxygens (including phenoxy) is 2. The van der Waals surface area contributed by atoms with Gasteiger partial charge in [-0.25, -0.2) is 9.18 Å². The van der Waals surface area contributed by atoms with Gasteiger partial charge in [0.1, 0.15) is 11.3 Å². The average Bonchev–Trinajstić information content (AvgIpc) is 3.46. The molecular weight excluding hydrogens is 433 g/mol. The number of fused-ring (bicyclic) bond motifs is 1. The number of anilines is 1. The van der Waals surface area contributed by atoms with Crippen LogP contribution in [0.5, 0.6) is 5.75 Å². The second-order valence-corrected chi connectivity index (χ2v) is 7.53. The minimum absolute atomic E-state index is 0. The predicted octanol–water partition coefficient (Wildman–Crippen LogP) is 1.20. The van der Waals surface area contributed by atoms with Crippen molar-refractivity contribution < 1.29 is 29.2 Å². The molecule has 11 heteroatoms. The van der Waals surface area contributed by atoms with Crippen LogP contribution in [0.1, 0.15) is 29.2 Å². The highest BCUT2D eigenvalue weighted by Gasteiger charge is 2.37. The van der Waals surface area contributed by atoms with Crippen molar-refractivity contribution in [2.45, 2.75) is 31.0 Å². The van der Waals surface area contributed by atoms with Gasteiger partial charge in [-0.2, -0.15) is 0 Å². The zero-order chi connectivity index (χ0) is 20.9. The molecule has 0 amide bonds. The fraction of sp³-hybridized carbons (Fsp3) is 0.500. The molecule has 2 aromatic rings. The Hall–Kier alpha value is -2.40. The van der Waals surface area contributed by atoms with Gasteiger partial charge in [0.25, 0.3) is 0 Å². The van der Waals surface area contributed by atoms with Crippen LogP contribution in [0, 0.1) is 5.82 Å². The van der Waals surface area contributed by atoms with E-state index in [2.05, 4.69) is 5.32 Å². The molecule has 0 spiro atoms. The number of aromatic carboxylic acids is 1. The first-order valence-corrected chi connectivity index (χ1v) is 9.54. The summed E-state index contributed by atoms with van der Waals surface area (Å²) >= 11 is 0. The minimum Gasteiger partial charge on any atom is -0.492 e. The number of aromatic nitrogens is 1. The second-order valence-electron chi connectivity index (χ2n) is 7.53. The molecular formula is C20H27ClFN3O6. The van der Waals surface area contributed by atoms with E-state index in [1.54, 1.807) is 11.7 Å². The summed E-state index contributed by atoms with van der Waals surface area (Å²) in [6.45, 7) is 0.969. The van der Waals surface area contributed by atoms with Crippen molar-refractivity contribution in [1.82, 2.24) is 9.88 Å². The van der Waals surface area contributed by atoms with E-state index in [1.807, 2.05) is 11.9 Å². The molecule has 2 atom stereocenters. The first kappa shape index (κ1) is 24.9. The van der Waals surface area contributed by atoms with E-state index < -0.39 is 17.2 Å². The lowest BCUT2D eigenvalue weighted by atomic mass is 10.1. The van der Waals surface area contributed by atoms with Crippen LogP contribution >= 0.6 is 12.4 Å². The van der Waals surface area contributed by atoms with Crippen LogP contribution in [0.25, 0.3) is 10.9 Å². The number of benzene rings is 1. The summed E-state index contributed by atoms with van der Waals surface area (Å²) in [5.74, 6) is -1.70. The van der Waals surface area contributed by atoms with Gasteiger partial charge in [0.2, 0.25) is 5.43 Å². The van der Waals surface area contributed by atoms with Crippen LogP contribution in [0.3, 0.4) is 0 Å². The fourth-order valence-electron chi connectivity index (χ4n) is 4.20. The van der Waals surface area contributed by atoms with E-state index in [-0.39, 0.29) is 58.5 Å². The minimum atomic E-state index is -1.32. The maximum Gasteiger partial charge on any atom is 0.341 e. The zero-order valence-electron chi connectivity index (χ0n) is 17.5. The monoisotopic (exact) mass is 459 g/mol. The average molecular weight is 460 g/mol. The molecule has 0 bridgehead atoms. The van der Waals surface area contributed by atoms with Crippen molar-refractivity contribution in [3.05, 3.63) is 33.9 Å². The standard InChI is InChI=1S/C20H24FN3O5.ClH.H2O/c1-22-14-8-23(9-15(14)28-2)17-13(21)6-11-16(19(17)29-3)24(10-4-5-10)7-12(18(11)25)20(26)27;;/h6-7,10,14-15,22H,4-5,8-9H2,1-3H3,(H,26,27);1H;1H2. The lowest BCUT2D eigenvalue weighted by molar-refractivity contribution is 0.0694. The van der Waals surface area contributed by atoms with Crippen molar-refractivity contribution in [2.75, 3.05) is 39.3 Å². The summed E-state index contributed by atoms with van der Waals surface area (Å²) in [7, 11) is 4.88. The molecule has 1 saturated heterocycles. The van der Waals surface area contributed by atoms with Crippen molar-refractivity contribution in [1.29, 1.82) is 0 Å². The van der Waals surface area contributed by atoms with Gasteiger partial charge in [0.05, 0.1) is 30.2 Å². The molecule has 1 aromatic heterocycles. The molecule has 9 nitrogen and oxygen atoms in total. The van der Waals surface area contributed by atoms with E-state index in [0.29, 0.717) is 18.6 Å². The van der Waals surface area contributed by atoms with Gasteiger partial charge in [0, 0.05) is 32.4 Å². The van der Waals surface area contributed by atoms with E-state index in [1.165, 1.54) is 13.3 Å². The number of hydrogen-bond donors (Lipinski definition) is 2. The molecule has 1 aliphatic heterocycles. The third-order valence-corrected chi connectivity index (χ3v) is 5.83. The molecule has 0 radical (unpaired) electrons. The Morgan fingerprint density at radius 2 is 1.97 bits per heavy atom. The quantitative estimate of drug-likeness (QED) is 0.665. The summed E-state index contributed by atoms with van der Waals surface area (Å²) in [4.78, 5) is 26.1. The number of carboxylic acid groups (broad SMARTS) is 1. The van der Waals surface area contributed by atoms with E-state index in [9.17, 15) is 14.7 Å². The largest absolute Gasteiger partial charge is 0.492 e. The van der Waals surface area contributed by atoms with Crippen molar-refractivity contribution >= 4 is 35.0 Å². The van der Waals surface area contributed by atoms with E-state index >= 15 is 4.39 Å². The number of methoxy groups -OCH3 is 2. The van der Waals surface area contributed by atoms with Crippen LogP contribution in [0.4, 0.5) is 10.1 Å². The Kier molecular flexibility index (Phi) is 7.53. The Morgan fingerprint density at radius 3 is 2.45 bits per heavy atom. The number of halogens is 2. The number of hydrogen-bond acceptors (Lipinski definition) is 6. The van der Waals surface area contributed by atoms with Crippen LogP contribution in [0.15, 0.2) is 17.1 Å². The van der Waals surface area contributed by atoms with Crippen molar-refractivity contribution in [2.24, 2.45) is 0 Å². The summed E-state index contributed by atoms with van der Waals surface area (Å²) in [5, 5.41) is 12.6. The topological polar surface area (TPSA) is 125 Å². The fourth-order valence-corrected chi connectivity index (χ4v) is 4.20. The molecule has 1 saturated carbocycles. The van der Waals surface area contributed by atoms with E-state index in [0.717, 1.165) is 18.9 Å². The lowest BCUT2D eigenvalue weighted by Crippen LogP contribution is -2.37. The SMILES string of the molecule is CNC1CN(c2c(F)cc3c(=O)c(C(=O)O)cn(C4CC4)c3c2OC)CC1OC.Cl.O. The molecule has 1 aliphatic carbocycles. The summed E-state index contributed by atoms with van der Waals surface area (Å²) in [6, 6.07) is 1.22. The highest BCUT2D eigenvalue weighted by molar-refractivity contribution is 5.97. The smallest absolute Gasteiger partial charge is 0.341 e. The maximum atomic E-state index is 15.3. The third kappa shape index (κ3) is 4.08. The number of nitrogens with zero attached hydrogens (tertiary/aromatic N) is 2. The summed E-state index contributed by atoms with van der Waals surface area (Å²) < 4.78 is 28.1. The number of carbonyl (C=O) groups is 1. The highest BCUT2D eigenvalue weighted by atomic mass is 35.5. The van der Waals surface area contributed by atoms with Crippen LogP contribution in [0.2, 0.25) is 0 Å². The summed E-state index contributed by atoms with van der Waals surface area (Å²) in [6.07, 6.45) is 2.96. The van der Waals surface area contributed by atoms with Gasteiger partial charge in [0.15, 0.2) is 11.6 Å². The Balaban J connectivity index is 0.00000171. The lowest BCUT2D eigenvalue weighted by Gasteiger charge is -2.24. The normalized spacial score (nSPS) is 20.3. The Labute approximate surface area is 184 Å². The Morgan fingerprint density at radius 1 is 1.29 bits per heavy atom. The molecule has 2 heterocycles. The van der Waals surface area contributed by atoms with Crippen LogP contribution < -0.4 is 20.4 Å². The van der Waals surface area contributed by atoms with Crippen LogP contribution in [-0.2, 0) is 4.74 Å². The Bertz CT molecular complexity index is 1030. The second kappa shape index (κ2) is 9.39. The third-order valence-electron chi connectivity index (χ3n) is 5.83. The molecule has 2 aliphatic rings. The highest BCUT2D eigenvalue weighted by Crippen LogP contribution is 2.44. The summed E-state index contributed by atoms with van der Waals surface area (Å²) in [5.41, 5.74) is -0.383. The maximum absolute atomic E-state index is 15.3. The molecule has 4 N–H and O–H groups in total. The number of likely N-dealkylation sites (N-methyl/N-ethyl adjacent to an activating group) is 1. The van der Waals surface area contributed by atoms with Gasteiger partial charge < -0.3 is 34.8 Å². The first-order valence-electron chi connectivity index (χ1n) is 9.54. The molecule has 1 aromatic carbocycles. The van der Waals surface area contributed by atoms with Crippen LogP contribution in [-0.4, -0.2) is 67.6 Å². The molecule has 2 unspecified atom stereocenters. The molecule has 172 valence electrons. The molecule has 2 fully saturated rings. The number of rotatable bonds is 6. The van der Waals surface area contributed by atoms with E-state index in [4.69, 9.17) is 9.47 Å². The molecule has 4 rings (SSSR count). The van der Waals surface area contributed by atoms with Gasteiger partial charge >= 0.3 is 5.97 Å². The number of pyridine rings is 1. The van der Waals surface area contributed by atoms with Gasteiger partial charge in [-0.05, 0) is 26.0 Å². The zero-order valence-corrected chi connectivity index (χ0v) is 18.3. The van der Waals surface area contributed by atoms with Gasteiger partial charge in [-0.1, -0.05) is 0 Å². The van der Waals surface area contributed by atoms with Crippen molar-refractivity contribution in [3.8, 4) is 5.75 Å². The number of carboxylic acids is 1. The van der Waals surface area contributed by atoms with Crippen molar-refractivity contribution in [3.63, 3.8) is 0 Å². The number of nitrogens with one attached hydrogen (secondary N) is 1. The predicted molar refractivity (Wildman–Crippen MR) is 117 cm³/mol. The van der Waals surface area contributed by atoms with Gasteiger partial charge in [-0.15, -0.1) is 12.4 Å². The molecule has 31 heavy (non-hydrogen) atoms. The van der Waals surface area contributed by atoms with Gasteiger partial charge in [-0.3, -0.25) is 4.79 Å². The first-order chi connectivity index (χ1) is 13.9.